The van der Waals surface area contributed by atoms with Crippen LogP contribution in [0.1, 0.15) is 39.5 Å². The van der Waals surface area contributed by atoms with Crippen LogP contribution in [0.3, 0.4) is 0 Å². The molecule has 1 unspecified atom stereocenters. The molecule has 0 aliphatic carbocycles. The lowest BCUT2D eigenvalue weighted by atomic mass is 9.90. The molecule has 2 heterocycles. The molecule has 0 bridgehead atoms. The molecule has 1 amide bonds. The Morgan fingerprint density at radius 2 is 1.94 bits per heavy atom. The molecule has 1 saturated heterocycles. The van der Waals surface area contributed by atoms with Gasteiger partial charge in [0, 0.05) is 37.6 Å². The number of methoxy groups -OCH3 is 1. The maximum atomic E-state index is 12.8. The van der Waals surface area contributed by atoms with Gasteiger partial charge in [0.05, 0.1) is 39.1 Å². The fraction of sp³-hybridized carbons (Fsp3) is 0.423. The Hall–Kier alpha value is -3.27. The van der Waals surface area contributed by atoms with Gasteiger partial charge in [0.1, 0.15) is 0 Å². The van der Waals surface area contributed by atoms with Crippen molar-refractivity contribution in [2.24, 2.45) is 5.10 Å². The average Bonchev–Trinajstić information content (AvgIpc) is 2.87. The fourth-order valence-electron chi connectivity index (χ4n) is 4.51. The average molecular weight is 481 g/mol. The van der Waals surface area contributed by atoms with Gasteiger partial charge in [-0.25, -0.2) is 0 Å². The van der Waals surface area contributed by atoms with Crippen molar-refractivity contribution in [2.75, 3.05) is 58.4 Å². The van der Waals surface area contributed by atoms with E-state index in [1.165, 1.54) is 0 Å². The molecule has 1 atom stereocenters. The summed E-state index contributed by atoms with van der Waals surface area (Å²) in [4.78, 5) is 26.1. The van der Waals surface area contributed by atoms with Crippen molar-refractivity contribution < 1.29 is 24.2 Å². The third-order valence-electron chi connectivity index (χ3n) is 6.33. The van der Waals surface area contributed by atoms with E-state index in [9.17, 15) is 14.7 Å². The van der Waals surface area contributed by atoms with Crippen LogP contribution in [-0.4, -0.2) is 86.2 Å². The number of aliphatic carboxylic acids is 1. The highest BCUT2D eigenvalue weighted by atomic mass is 16.5. The number of anilines is 1. The van der Waals surface area contributed by atoms with E-state index in [0.717, 1.165) is 41.9 Å². The lowest BCUT2D eigenvalue weighted by Crippen LogP contribution is -2.39. The first-order chi connectivity index (χ1) is 17.0. The number of amides is 1. The minimum atomic E-state index is -0.835. The Kier molecular flexibility index (Phi) is 8.46. The van der Waals surface area contributed by atoms with Gasteiger partial charge in [0.15, 0.2) is 0 Å². The Balaban J connectivity index is 1.41. The van der Waals surface area contributed by atoms with Gasteiger partial charge >= 0.3 is 5.97 Å². The minimum Gasteiger partial charge on any atom is -0.480 e. The first kappa shape index (κ1) is 24.8. The lowest BCUT2D eigenvalue weighted by molar-refractivity contribution is -0.139. The van der Waals surface area contributed by atoms with Crippen LogP contribution in [0.5, 0.6) is 0 Å². The van der Waals surface area contributed by atoms with E-state index in [4.69, 9.17) is 9.47 Å². The number of ether oxygens (including phenoxy) is 2. The van der Waals surface area contributed by atoms with Crippen molar-refractivity contribution >= 4 is 23.8 Å². The number of nitrogens with one attached hydrogen (secondary N) is 1. The summed E-state index contributed by atoms with van der Waals surface area (Å²) in [6.07, 6.45) is 3.24. The Labute approximate surface area is 205 Å². The molecule has 0 spiro atoms. The van der Waals surface area contributed by atoms with Crippen LogP contribution < -0.4 is 5.32 Å². The molecule has 35 heavy (non-hydrogen) atoms. The molecule has 2 aromatic carbocycles. The number of hydrazone groups is 1. The quantitative estimate of drug-likeness (QED) is 0.532. The van der Waals surface area contributed by atoms with Crippen LogP contribution in [-0.2, 0) is 20.7 Å². The second-order valence-electron chi connectivity index (χ2n) is 8.71. The second kappa shape index (κ2) is 11.9. The summed E-state index contributed by atoms with van der Waals surface area (Å²) in [5.41, 5.74) is 4.44. The highest BCUT2D eigenvalue weighted by Gasteiger charge is 2.28. The zero-order chi connectivity index (χ0) is 24.6. The smallest absolute Gasteiger partial charge is 0.317 e. The molecule has 4 rings (SSSR count). The summed E-state index contributed by atoms with van der Waals surface area (Å²) >= 11 is 0. The molecule has 1 fully saturated rings. The van der Waals surface area contributed by atoms with Gasteiger partial charge in [-0.15, -0.1) is 0 Å². The molecule has 9 heteroatoms. The van der Waals surface area contributed by atoms with Crippen molar-refractivity contribution in [3.05, 3.63) is 64.7 Å². The van der Waals surface area contributed by atoms with Crippen LogP contribution in [0.2, 0.25) is 0 Å². The number of morpholine rings is 1. The molecule has 0 radical (unpaired) electrons. The normalized spacial score (nSPS) is 18.4. The topological polar surface area (TPSA) is 104 Å². The third kappa shape index (κ3) is 6.66. The summed E-state index contributed by atoms with van der Waals surface area (Å²) in [5, 5.41) is 18.7. The number of carboxylic acid groups (broad SMARTS) is 1. The maximum Gasteiger partial charge on any atom is 0.317 e. The number of carbonyl (C=O) groups is 2. The monoisotopic (exact) mass is 480 g/mol. The molecule has 0 saturated carbocycles. The van der Waals surface area contributed by atoms with Gasteiger partial charge in [-0.1, -0.05) is 18.2 Å². The molecule has 0 aromatic heterocycles. The molecular formula is C26H32N4O5. The molecule has 2 aliphatic heterocycles. The van der Waals surface area contributed by atoms with E-state index >= 15 is 0 Å². The van der Waals surface area contributed by atoms with Gasteiger partial charge in [-0.3, -0.25) is 19.5 Å². The Morgan fingerprint density at radius 3 is 2.66 bits per heavy atom. The highest BCUT2D eigenvalue weighted by Crippen LogP contribution is 2.33. The van der Waals surface area contributed by atoms with E-state index in [1.54, 1.807) is 25.5 Å². The van der Waals surface area contributed by atoms with Crippen molar-refractivity contribution in [2.45, 2.75) is 18.9 Å². The van der Waals surface area contributed by atoms with Crippen molar-refractivity contribution in [1.29, 1.82) is 0 Å². The standard InChI is InChI=1S/C26H32N4O5/c1-34-13-9-24-23-7-6-22(16-21(23)8-10-29(24)18-25(31)32)28-26(33)20-4-2-19(3-5-20)17-27-30-11-14-35-15-12-30/h2-7,16-17,24H,8-15,18H2,1H3,(H,28,33)(H,31,32). The number of hydrogen-bond acceptors (Lipinski definition) is 7. The number of benzene rings is 2. The molecular weight excluding hydrogens is 448 g/mol. The third-order valence-corrected chi connectivity index (χ3v) is 6.33. The maximum absolute atomic E-state index is 12.8. The summed E-state index contributed by atoms with van der Waals surface area (Å²) in [5.74, 6) is -1.01. The predicted molar refractivity (Wildman–Crippen MR) is 133 cm³/mol. The Bertz CT molecular complexity index is 1050. The number of nitrogens with zero attached hydrogens (tertiary/aromatic N) is 3. The van der Waals surface area contributed by atoms with Crippen molar-refractivity contribution in [1.82, 2.24) is 9.91 Å². The fourth-order valence-corrected chi connectivity index (χ4v) is 4.51. The zero-order valence-electron chi connectivity index (χ0n) is 20.0. The zero-order valence-corrected chi connectivity index (χ0v) is 20.0. The van der Waals surface area contributed by atoms with Gasteiger partial charge in [-0.05, 0) is 53.8 Å². The van der Waals surface area contributed by atoms with Crippen LogP contribution in [0.25, 0.3) is 0 Å². The minimum absolute atomic E-state index is 0.000537. The molecule has 2 N–H and O–H groups in total. The largest absolute Gasteiger partial charge is 0.480 e. The molecule has 2 aromatic rings. The van der Waals surface area contributed by atoms with E-state index < -0.39 is 5.97 Å². The second-order valence-corrected chi connectivity index (χ2v) is 8.71. The van der Waals surface area contributed by atoms with Crippen LogP contribution in [0.4, 0.5) is 5.69 Å². The molecule has 186 valence electrons. The number of hydrogen-bond donors (Lipinski definition) is 2. The van der Waals surface area contributed by atoms with E-state index in [1.807, 2.05) is 40.2 Å². The predicted octanol–water partition coefficient (Wildman–Crippen LogP) is 2.63. The summed E-state index contributed by atoms with van der Waals surface area (Å²) in [6.45, 7) is 4.13. The van der Waals surface area contributed by atoms with Gasteiger partial charge in [0.25, 0.3) is 5.91 Å². The first-order valence-electron chi connectivity index (χ1n) is 11.9. The van der Waals surface area contributed by atoms with Crippen LogP contribution >= 0.6 is 0 Å². The van der Waals surface area contributed by atoms with E-state index in [2.05, 4.69) is 10.4 Å². The van der Waals surface area contributed by atoms with Gasteiger partial charge < -0.3 is 19.9 Å². The van der Waals surface area contributed by atoms with Crippen LogP contribution in [0.15, 0.2) is 47.6 Å². The number of fused-ring (bicyclic) bond motifs is 1. The highest BCUT2D eigenvalue weighted by molar-refractivity contribution is 6.04. The van der Waals surface area contributed by atoms with Crippen molar-refractivity contribution in [3.8, 4) is 0 Å². The van der Waals surface area contributed by atoms with E-state index in [0.29, 0.717) is 38.3 Å². The van der Waals surface area contributed by atoms with Crippen molar-refractivity contribution in [3.63, 3.8) is 0 Å². The summed E-state index contributed by atoms with van der Waals surface area (Å²) in [7, 11) is 1.65. The van der Waals surface area contributed by atoms with Gasteiger partial charge in [-0.2, -0.15) is 5.10 Å². The molecule has 2 aliphatic rings. The number of carboxylic acids is 1. The first-order valence-corrected chi connectivity index (χ1v) is 11.9. The van der Waals surface area contributed by atoms with Gasteiger partial charge in [0.2, 0.25) is 0 Å². The number of rotatable bonds is 9. The molecule has 9 nitrogen and oxygen atoms in total. The number of carbonyl (C=O) groups excluding carboxylic acids is 1. The summed E-state index contributed by atoms with van der Waals surface area (Å²) in [6, 6.07) is 13.2. The lowest BCUT2D eigenvalue weighted by Gasteiger charge is -2.36. The Morgan fingerprint density at radius 1 is 1.17 bits per heavy atom. The summed E-state index contributed by atoms with van der Waals surface area (Å²) < 4.78 is 10.6. The van der Waals surface area contributed by atoms with E-state index in [-0.39, 0.29) is 18.5 Å². The van der Waals surface area contributed by atoms with Crippen LogP contribution in [0, 0.1) is 0 Å². The SMILES string of the molecule is COCCC1c2ccc(NC(=O)c3ccc(C=NN4CCOCC4)cc3)cc2CCN1CC(=O)O.